The molecule has 0 N–H and O–H groups in total. The zero-order valence-corrected chi connectivity index (χ0v) is 13.0. The van der Waals surface area contributed by atoms with Crippen molar-refractivity contribution in [2.75, 3.05) is 4.31 Å². The summed E-state index contributed by atoms with van der Waals surface area (Å²) in [6, 6.07) is 31.2. The zero-order chi connectivity index (χ0) is 15.0. The maximum absolute atomic E-state index is 2.22. The molecule has 0 fully saturated rings. The lowest BCUT2D eigenvalue weighted by Crippen LogP contribution is -2.04. The summed E-state index contributed by atoms with van der Waals surface area (Å²) in [6.45, 7) is 0. The lowest BCUT2D eigenvalue weighted by atomic mass is 10.2. The van der Waals surface area contributed by atoms with Crippen LogP contribution in [0.1, 0.15) is 5.56 Å². The Morgan fingerprint density at radius 2 is 1.05 bits per heavy atom. The Morgan fingerprint density at radius 3 is 1.55 bits per heavy atom. The van der Waals surface area contributed by atoms with Gasteiger partial charge in [-0.2, -0.15) is 0 Å². The van der Waals surface area contributed by atoms with Gasteiger partial charge >= 0.3 is 0 Å². The van der Waals surface area contributed by atoms with Crippen LogP contribution in [-0.2, 0) is 0 Å². The van der Waals surface area contributed by atoms with E-state index in [0.29, 0.717) is 0 Å². The molecule has 0 unspecified atom stereocenters. The fourth-order valence-electron chi connectivity index (χ4n) is 2.13. The van der Waals surface area contributed by atoms with Gasteiger partial charge in [0.2, 0.25) is 0 Å². The summed E-state index contributed by atoms with van der Waals surface area (Å²) in [5.74, 6) is 0. The maximum Gasteiger partial charge on any atom is 0.0528 e. The molecule has 108 valence electrons. The van der Waals surface area contributed by atoms with Crippen molar-refractivity contribution in [3.63, 3.8) is 0 Å². The maximum atomic E-state index is 2.22. The average molecular weight is 303 g/mol. The normalized spacial score (nSPS) is 10.7. The fourth-order valence-corrected chi connectivity index (χ4v) is 2.96. The molecule has 1 nitrogen and oxygen atoms in total. The molecule has 0 spiro atoms. The molecule has 0 atom stereocenters. The fraction of sp³-hybridized carbons (Fsp3) is 0. The van der Waals surface area contributed by atoms with Gasteiger partial charge in [0.25, 0.3) is 0 Å². The molecule has 0 saturated heterocycles. The van der Waals surface area contributed by atoms with Crippen LogP contribution in [-0.4, -0.2) is 0 Å². The van der Waals surface area contributed by atoms with Gasteiger partial charge in [-0.05, 0) is 53.3 Å². The third-order valence-electron chi connectivity index (χ3n) is 3.21. The first-order chi connectivity index (χ1) is 10.9. The average Bonchev–Trinajstić information content (AvgIpc) is 2.61. The number of anilines is 2. The minimum Gasteiger partial charge on any atom is -0.281 e. The molecule has 3 aromatic carbocycles. The Balaban J connectivity index is 1.82. The molecule has 0 amide bonds. The van der Waals surface area contributed by atoms with E-state index in [1.54, 1.807) is 11.9 Å². The monoisotopic (exact) mass is 303 g/mol. The van der Waals surface area contributed by atoms with Gasteiger partial charge in [-0.15, -0.1) is 0 Å². The van der Waals surface area contributed by atoms with E-state index in [4.69, 9.17) is 0 Å². The lowest BCUT2D eigenvalue weighted by molar-refractivity contribution is 1.44. The summed E-state index contributed by atoms with van der Waals surface area (Å²) in [5.41, 5.74) is 3.53. The second kappa shape index (κ2) is 7.53. The van der Waals surface area contributed by atoms with E-state index in [2.05, 4.69) is 88.6 Å². The van der Waals surface area contributed by atoms with Crippen LogP contribution in [0.5, 0.6) is 0 Å². The van der Waals surface area contributed by atoms with Crippen molar-refractivity contribution in [1.82, 2.24) is 0 Å². The highest BCUT2D eigenvalue weighted by atomic mass is 32.2. The predicted octanol–water partition coefficient (Wildman–Crippen LogP) is 6.14. The lowest BCUT2D eigenvalue weighted by Gasteiger charge is -2.21. The standard InChI is InChI=1S/C20H17NS/c1-4-10-18(11-5-1)16-17-22-21(19-12-6-2-7-13-19)20-14-8-3-9-15-20/h1-17H. The zero-order valence-electron chi connectivity index (χ0n) is 12.2. The summed E-state index contributed by atoms with van der Waals surface area (Å²) in [4.78, 5) is 0. The van der Waals surface area contributed by atoms with E-state index in [1.165, 1.54) is 5.56 Å². The molecule has 3 rings (SSSR count). The van der Waals surface area contributed by atoms with E-state index in [1.807, 2.05) is 18.2 Å². The molecular formula is C20H17NS. The summed E-state index contributed by atoms with van der Waals surface area (Å²) in [5, 5.41) is 2.12. The molecule has 0 aliphatic heterocycles. The van der Waals surface area contributed by atoms with Gasteiger partial charge in [0.05, 0.1) is 11.4 Å². The number of hydrogen-bond donors (Lipinski definition) is 0. The van der Waals surface area contributed by atoms with Gasteiger partial charge in [-0.25, -0.2) is 0 Å². The Morgan fingerprint density at radius 1 is 0.591 bits per heavy atom. The van der Waals surface area contributed by atoms with Gasteiger partial charge in [0.15, 0.2) is 0 Å². The Labute approximate surface area is 136 Å². The van der Waals surface area contributed by atoms with Gasteiger partial charge in [0, 0.05) is 0 Å². The molecule has 0 heterocycles. The van der Waals surface area contributed by atoms with Crippen LogP contribution in [0.3, 0.4) is 0 Å². The van der Waals surface area contributed by atoms with Crippen LogP contribution in [0.4, 0.5) is 11.4 Å². The van der Waals surface area contributed by atoms with Crippen LogP contribution < -0.4 is 4.31 Å². The number of para-hydroxylation sites is 2. The minimum absolute atomic E-state index is 1.16. The van der Waals surface area contributed by atoms with Crippen LogP contribution in [0.2, 0.25) is 0 Å². The summed E-state index contributed by atoms with van der Waals surface area (Å²) in [6.07, 6.45) is 2.13. The quantitative estimate of drug-likeness (QED) is 0.520. The highest BCUT2D eigenvalue weighted by molar-refractivity contribution is 8.03. The molecule has 2 heteroatoms. The SMILES string of the molecule is C(=Cc1ccccc1)SN(c1ccccc1)c1ccccc1. The first kappa shape index (κ1) is 14.5. The largest absolute Gasteiger partial charge is 0.281 e. The third kappa shape index (κ3) is 3.80. The van der Waals surface area contributed by atoms with Crippen LogP contribution in [0.25, 0.3) is 6.08 Å². The predicted molar refractivity (Wildman–Crippen MR) is 98.1 cm³/mol. The van der Waals surface area contributed by atoms with Gasteiger partial charge < -0.3 is 0 Å². The summed E-state index contributed by atoms with van der Waals surface area (Å²) in [7, 11) is 0. The minimum atomic E-state index is 1.16. The van der Waals surface area contributed by atoms with E-state index >= 15 is 0 Å². The van der Waals surface area contributed by atoms with Gasteiger partial charge in [-0.3, -0.25) is 4.31 Å². The van der Waals surface area contributed by atoms with E-state index in [-0.39, 0.29) is 0 Å². The van der Waals surface area contributed by atoms with Gasteiger partial charge in [-0.1, -0.05) is 66.7 Å². The molecule has 0 aliphatic carbocycles. The van der Waals surface area contributed by atoms with E-state index in [9.17, 15) is 0 Å². The smallest absolute Gasteiger partial charge is 0.0528 e. The molecule has 0 radical (unpaired) electrons. The molecule has 0 saturated carbocycles. The van der Waals surface area contributed by atoms with Crippen LogP contribution >= 0.6 is 11.9 Å². The highest BCUT2D eigenvalue weighted by Crippen LogP contribution is 2.32. The Hall–Kier alpha value is -2.45. The van der Waals surface area contributed by atoms with Crippen molar-refractivity contribution in [1.29, 1.82) is 0 Å². The highest BCUT2D eigenvalue weighted by Gasteiger charge is 2.07. The van der Waals surface area contributed by atoms with E-state index in [0.717, 1.165) is 11.4 Å². The van der Waals surface area contributed by atoms with Crippen molar-refractivity contribution >= 4 is 29.4 Å². The Bertz CT molecular complexity index is 669. The van der Waals surface area contributed by atoms with Crippen molar-refractivity contribution in [3.8, 4) is 0 Å². The first-order valence-electron chi connectivity index (χ1n) is 7.22. The van der Waals surface area contributed by atoms with Crippen molar-refractivity contribution in [3.05, 3.63) is 102 Å². The van der Waals surface area contributed by atoms with Crippen LogP contribution in [0.15, 0.2) is 96.4 Å². The number of rotatable bonds is 5. The van der Waals surface area contributed by atoms with Crippen molar-refractivity contribution < 1.29 is 0 Å². The van der Waals surface area contributed by atoms with Crippen molar-refractivity contribution in [2.24, 2.45) is 0 Å². The van der Waals surface area contributed by atoms with Gasteiger partial charge in [0.1, 0.15) is 0 Å². The number of nitrogens with zero attached hydrogens (tertiary/aromatic N) is 1. The molecule has 22 heavy (non-hydrogen) atoms. The van der Waals surface area contributed by atoms with E-state index < -0.39 is 0 Å². The molecule has 3 aromatic rings. The first-order valence-corrected chi connectivity index (χ1v) is 8.06. The number of hydrogen-bond acceptors (Lipinski definition) is 2. The van der Waals surface area contributed by atoms with Crippen LogP contribution in [0, 0.1) is 0 Å². The summed E-state index contributed by atoms with van der Waals surface area (Å²) < 4.78 is 2.22. The topological polar surface area (TPSA) is 3.24 Å². The second-order valence-electron chi connectivity index (χ2n) is 4.78. The number of benzene rings is 3. The molecule has 0 aromatic heterocycles. The van der Waals surface area contributed by atoms with Crippen molar-refractivity contribution in [2.45, 2.75) is 0 Å². The molecular weight excluding hydrogens is 286 g/mol. The Kier molecular flexibility index (Phi) is 4.96. The summed E-state index contributed by atoms with van der Waals surface area (Å²) >= 11 is 1.68. The molecule has 0 aliphatic rings. The second-order valence-corrected chi connectivity index (χ2v) is 5.63. The molecule has 0 bridgehead atoms. The third-order valence-corrected chi connectivity index (χ3v) is 4.10.